The zero-order valence-electron chi connectivity index (χ0n) is 7.96. The van der Waals surface area contributed by atoms with Crippen LogP contribution >= 0.6 is 0 Å². The average Bonchev–Trinajstić information content (AvgIpc) is 1.78. The van der Waals surface area contributed by atoms with Crippen LogP contribution < -0.4 is 0 Å². The topological polar surface area (TPSA) is 18.5 Å². The lowest BCUT2D eigenvalue weighted by molar-refractivity contribution is -0.414. The zero-order valence-corrected chi connectivity index (χ0v) is 7.96. The highest BCUT2D eigenvalue weighted by Gasteiger charge is 2.66. The van der Waals surface area contributed by atoms with E-state index >= 15 is 0 Å². The number of hydrogen-bond donors (Lipinski definition) is 0. The summed E-state index contributed by atoms with van der Waals surface area (Å²) in [4.78, 5) is 0. The van der Waals surface area contributed by atoms with Crippen LogP contribution in [0.1, 0.15) is 33.6 Å². The van der Waals surface area contributed by atoms with Gasteiger partial charge in [0.25, 0.3) is 0 Å². The lowest BCUT2D eigenvalue weighted by Gasteiger charge is -2.68. The average molecular weight is 168 g/mol. The molecule has 1 saturated carbocycles. The molecule has 2 nitrogen and oxygen atoms in total. The maximum Gasteiger partial charge on any atom is 0.159 e. The summed E-state index contributed by atoms with van der Waals surface area (Å²) in [5, 5.41) is 0. The van der Waals surface area contributed by atoms with Gasteiger partial charge in [-0.1, -0.05) is 6.92 Å². The van der Waals surface area contributed by atoms with Crippen LogP contribution in [0.25, 0.3) is 0 Å². The summed E-state index contributed by atoms with van der Waals surface area (Å²) in [6.07, 6.45) is 2.95. The first-order chi connectivity index (χ1) is 5.51. The van der Waals surface area contributed by atoms with Gasteiger partial charge in [-0.25, -0.2) is 0 Å². The third kappa shape index (κ3) is 0.647. The molecule has 4 saturated heterocycles. The summed E-state index contributed by atoms with van der Waals surface area (Å²) in [5.41, 5.74) is 0.578. The van der Waals surface area contributed by atoms with Crippen LogP contribution in [0.4, 0.5) is 0 Å². The minimum atomic E-state index is 0.0544. The summed E-state index contributed by atoms with van der Waals surface area (Å²) < 4.78 is 11.5. The molecule has 0 amide bonds. The van der Waals surface area contributed by atoms with Gasteiger partial charge in [-0.05, 0) is 25.7 Å². The molecule has 5 fully saturated rings. The molecule has 5 aliphatic rings. The Morgan fingerprint density at radius 3 is 2.33 bits per heavy atom. The summed E-state index contributed by atoms with van der Waals surface area (Å²) in [6.45, 7) is 6.79. The van der Waals surface area contributed by atoms with E-state index in [4.69, 9.17) is 9.47 Å². The Bertz CT molecular complexity index is 220. The van der Waals surface area contributed by atoms with E-state index < -0.39 is 0 Å². The maximum absolute atomic E-state index is 5.82. The molecule has 68 valence electrons. The third-order valence-electron chi connectivity index (χ3n) is 3.93. The number of hydrogen-bond acceptors (Lipinski definition) is 2. The van der Waals surface area contributed by atoms with Gasteiger partial charge in [-0.15, -0.1) is 0 Å². The quantitative estimate of drug-likeness (QED) is 0.550. The highest BCUT2D eigenvalue weighted by Crippen LogP contribution is 2.64. The van der Waals surface area contributed by atoms with Crippen molar-refractivity contribution in [1.82, 2.24) is 0 Å². The number of ether oxygens (including phenoxy) is 2. The fraction of sp³-hybridized carbons (Fsp3) is 1.00. The lowest BCUT2D eigenvalue weighted by atomic mass is 9.50. The molecule has 1 aliphatic carbocycles. The molecule has 12 heavy (non-hydrogen) atoms. The Morgan fingerprint density at radius 2 is 1.92 bits per heavy atom. The van der Waals surface area contributed by atoms with Gasteiger partial charge in [0.15, 0.2) is 6.29 Å². The Hall–Kier alpha value is -0.0800. The van der Waals surface area contributed by atoms with Crippen molar-refractivity contribution >= 4 is 0 Å². The molecule has 0 N–H and O–H groups in total. The standard InChI is InChI=1S/C10H16O2/c1-9(2)8-6-4-10(8,3)5-7(11-6)12-9/h6-8H,4-5H2,1-3H3/t6-,7-,8-,10-/m1/s1. The summed E-state index contributed by atoms with van der Waals surface area (Å²) in [5.74, 6) is 0.634. The van der Waals surface area contributed by atoms with E-state index in [0.29, 0.717) is 17.4 Å². The van der Waals surface area contributed by atoms with E-state index in [9.17, 15) is 0 Å². The van der Waals surface area contributed by atoms with Crippen molar-refractivity contribution in [1.29, 1.82) is 0 Å². The van der Waals surface area contributed by atoms with Crippen LogP contribution in [-0.4, -0.2) is 18.0 Å². The molecule has 4 bridgehead atoms. The van der Waals surface area contributed by atoms with Crippen molar-refractivity contribution < 1.29 is 9.47 Å². The van der Waals surface area contributed by atoms with Crippen molar-refractivity contribution in [3.05, 3.63) is 0 Å². The highest BCUT2D eigenvalue weighted by molar-refractivity contribution is 5.12. The van der Waals surface area contributed by atoms with Gasteiger partial charge >= 0.3 is 0 Å². The predicted molar refractivity (Wildman–Crippen MR) is 44.7 cm³/mol. The molecule has 0 spiro atoms. The van der Waals surface area contributed by atoms with Crippen LogP contribution in [-0.2, 0) is 9.47 Å². The zero-order chi connectivity index (χ0) is 8.56. The minimum Gasteiger partial charge on any atom is -0.349 e. The Kier molecular flexibility index (Phi) is 1.06. The number of fused-ring (bicyclic) bond motifs is 1. The van der Waals surface area contributed by atoms with Crippen LogP contribution in [0.3, 0.4) is 0 Å². The molecule has 0 radical (unpaired) electrons. The lowest BCUT2D eigenvalue weighted by Crippen LogP contribution is -2.71. The van der Waals surface area contributed by atoms with E-state index in [-0.39, 0.29) is 11.9 Å². The summed E-state index contributed by atoms with van der Waals surface area (Å²) >= 11 is 0. The molecule has 5 rings (SSSR count). The van der Waals surface area contributed by atoms with E-state index in [2.05, 4.69) is 20.8 Å². The van der Waals surface area contributed by atoms with Crippen molar-refractivity contribution in [2.45, 2.75) is 51.6 Å². The van der Waals surface area contributed by atoms with Crippen molar-refractivity contribution in [2.75, 3.05) is 0 Å². The predicted octanol–water partition coefficient (Wildman–Crippen LogP) is 1.94. The Labute approximate surface area is 73.2 Å². The molecule has 4 aliphatic heterocycles. The van der Waals surface area contributed by atoms with Crippen LogP contribution in [0.2, 0.25) is 0 Å². The smallest absolute Gasteiger partial charge is 0.159 e. The van der Waals surface area contributed by atoms with Gasteiger partial charge in [-0.2, -0.15) is 0 Å². The van der Waals surface area contributed by atoms with Gasteiger partial charge in [0, 0.05) is 12.3 Å². The Balaban J connectivity index is 2.01. The first-order valence-electron chi connectivity index (χ1n) is 4.85. The second kappa shape index (κ2) is 1.73. The first kappa shape index (κ1) is 7.34. The fourth-order valence-electron chi connectivity index (χ4n) is 3.72. The van der Waals surface area contributed by atoms with E-state index in [1.165, 1.54) is 6.42 Å². The summed E-state index contributed by atoms with van der Waals surface area (Å²) in [6, 6.07) is 0. The molecular formula is C10H16O2. The van der Waals surface area contributed by atoms with Gasteiger partial charge in [0.05, 0.1) is 11.7 Å². The first-order valence-corrected chi connectivity index (χ1v) is 4.85. The van der Waals surface area contributed by atoms with Crippen LogP contribution in [0, 0.1) is 11.3 Å². The van der Waals surface area contributed by atoms with Crippen molar-refractivity contribution in [3.63, 3.8) is 0 Å². The van der Waals surface area contributed by atoms with Crippen molar-refractivity contribution in [2.24, 2.45) is 11.3 Å². The monoisotopic (exact) mass is 168 g/mol. The van der Waals surface area contributed by atoms with Crippen molar-refractivity contribution in [3.8, 4) is 0 Å². The van der Waals surface area contributed by atoms with Crippen LogP contribution in [0.15, 0.2) is 0 Å². The molecule has 0 aromatic heterocycles. The van der Waals surface area contributed by atoms with Gasteiger partial charge in [0.2, 0.25) is 0 Å². The highest BCUT2D eigenvalue weighted by atomic mass is 16.7. The SMILES string of the molecule is CC1(C)O[C@@H]2C[C@@]3(C)C[C@@H](O2)[C@H]13. The molecule has 2 heteroatoms. The van der Waals surface area contributed by atoms with Gasteiger partial charge < -0.3 is 9.47 Å². The van der Waals surface area contributed by atoms with Crippen LogP contribution in [0.5, 0.6) is 0 Å². The van der Waals surface area contributed by atoms with Gasteiger partial charge in [0.1, 0.15) is 0 Å². The summed E-state index contributed by atoms with van der Waals surface area (Å²) in [7, 11) is 0. The molecular weight excluding hydrogens is 152 g/mol. The second-order valence-corrected chi connectivity index (χ2v) is 5.37. The van der Waals surface area contributed by atoms with E-state index in [0.717, 1.165) is 6.42 Å². The molecule has 0 aromatic carbocycles. The fourth-order valence-corrected chi connectivity index (χ4v) is 3.72. The molecule has 0 aromatic rings. The molecule has 4 heterocycles. The largest absolute Gasteiger partial charge is 0.349 e. The normalized spacial score (nSPS) is 59.8. The Morgan fingerprint density at radius 1 is 1.17 bits per heavy atom. The van der Waals surface area contributed by atoms with E-state index in [1.54, 1.807) is 0 Å². The molecule has 4 atom stereocenters. The van der Waals surface area contributed by atoms with E-state index in [1.807, 2.05) is 0 Å². The third-order valence-corrected chi connectivity index (χ3v) is 3.93. The molecule has 0 unspecified atom stereocenters. The van der Waals surface area contributed by atoms with Gasteiger partial charge in [-0.3, -0.25) is 0 Å². The second-order valence-electron chi connectivity index (χ2n) is 5.37. The number of rotatable bonds is 0. The minimum absolute atomic E-state index is 0.0544. The maximum atomic E-state index is 5.82.